The van der Waals surface area contributed by atoms with Crippen LogP contribution < -0.4 is 10.6 Å². The van der Waals surface area contributed by atoms with E-state index in [-0.39, 0.29) is 11.7 Å². The molecule has 0 unspecified atom stereocenters. The van der Waals surface area contributed by atoms with Crippen LogP contribution in [-0.2, 0) is 9.53 Å². The quantitative estimate of drug-likeness (QED) is 0.732. The molecular weight excluding hydrogens is 378 g/mol. The first-order valence-electron chi connectivity index (χ1n) is 7.88. The summed E-state index contributed by atoms with van der Waals surface area (Å²) >= 11 is 7.20. The topological polar surface area (TPSA) is 97.4 Å². The molecule has 2 N–H and O–H groups in total. The molecule has 0 bridgehead atoms. The van der Waals surface area contributed by atoms with E-state index in [1.807, 2.05) is 19.9 Å². The van der Waals surface area contributed by atoms with E-state index in [9.17, 15) is 14.4 Å². The SMILES string of the molecule is CC[C@@H](C)NC(=O)NC(=O)COC(=O)c1csc(-c2cccc(Cl)c2)n1. The van der Waals surface area contributed by atoms with Crippen LogP contribution in [0.15, 0.2) is 29.6 Å². The molecule has 138 valence electrons. The molecule has 2 rings (SSSR count). The minimum atomic E-state index is -0.744. The number of hydrogen-bond acceptors (Lipinski definition) is 6. The molecule has 9 heteroatoms. The molecule has 0 aliphatic carbocycles. The second-order valence-corrected chi connectivity index (χ2v) is 6.75. The van der Waals surface area contributed by atoms with E-state index in [0.717, 1.165) is 12.0 Å². The Balaban J connectivity index is 1.87. The second kappa shape index (κ2) is 9.30. The number of thiazole rings is 1. The first-order valence-corrected chi connectivity index (χ1v) is 9.13. The van der Waals surface area contributed by atoms with E-state index in [4.69, 9.17) is 16.3 Å². The summed E-state index contributed by atoms with van der Waals surface area (Å²) in [6.45, 7) is 3.14. The van der Waals surface area contributed by atoms with E-state index < -0.39 is 24.5 Å². The fourth-order valence-electron chi connectivity index (χ4n) is 1.85. The van der Waals surface area contributed by atoms with Crippen molar-refractivity contribution in [3.63, 3.8) is 0 Å². The van der Waals surface area contributed by atoms with Gasteiger partial charge in [-0.15, -0.1) is 11.3 Å². The Hall–Kier alpha value is -2.45. The third kappa shape index (κ3) is 5.82. The molecular formula is C17H18ClN3O4S. The van der Waals surface area contributed by atoms with Crippen LogP contribution in [0.4, 0.5) is 4.79 Å². The average molecular weight is 396 g/mol. The Labute approximate surface area is 159 Å². The molecule has 1 aromatic heterocycles. The van der Waals surface area contributed by atoms with Crippen LogP contribution in [0.1, 0.15) is 30.8 Å². The second-order valence-electron chi connectivity index (χ2n) is 5.46. The van der Waals surface area contributed by atoms with Crippen molar-refractivity contribution in [2.45, 2.75) is 26.3 Å². The number of rotatable bonds is 6. The van der Waals surface area contributed by atoms with Gasteiger partial charge in [0, 0.05) is 22.0 Å². The van der Waals surface area contributed by atoms with E-state index in [2.05, 4.69) is 15.6 Å². The van der Waals surface area contributed by atoms with Gasteiger partial charge in [-0.1, -0.05) is 30.7 Å². The lowest BCUT2D eigenvalue weighted by molar-refractivity contribution is -0.123. The summed E-state index contributed by atoms with van der Waals surface area (Å²) < 4.78 is 4.88. The smallest absolute Gasteiger partial charge is 0.358 e. The first kappa shape index (κ1) is 19.9. The molecule has 0 aliphatic heterocycles. The fraction of sp³-hybridized carbons (Fsp3) is 0.294. The van der Waals surface area contributed by atoms with Gasteiger partial charge in [0.15, 0.2) is 12.3 Å². The molecule has 1 heterocycles. The summed E-state index contributed by atoms with van der Waals surface area (Å²) in [5, 5.41) is 7.37. The number of ether oxygens (including phenoxy) is 1. The van der Waals surface area contributed by atoms with Crippen molar-refractivity contribution in [2.75, 3.05) is 6.61 Å². The maximum atomic E-state index is 12.0. The van der Waals surface area contributed by atoms with Gasteiger partial charge in [0.05, 0.1) is 0 Å². The molecule has 0 saturated carbocycles. The van der Waals surface area contributed by atoms with Crippen molar-refractivity contribution in [2.24, 2.45) is 0 Å². The van der Waals surface area contributed by atoms with Gasteiger partial charge in [-0.2, -0.15) is 0 Å². The molecule has 7 nitrogen and oxygen atoms in total. The number of urea groups is 1. The summed E-state index contributed by atoms with van der Waals surface area (Å²) in [5.41, 5.74) is 0.864. The fourth-order valence-corrected chi connectivity index (χ4v) is 2.83. The lowest BCUT2D eigenvalue weighted by Crippen LogP contribution is -2.44. The minimum absolute atomic E-state index is 0.0646. The monoisotopic (exact) mass is 395 g/mol. The van der Waals surface area contributed by atoms with Crippen molar-refractivity contribution in [1.29, 1.82) is 0 Å². The molecule has 26 heavy (non-hydrogen) atoms. The highest BCUT2D eigenvalue weighted by Gasteiger charge is 2.16. The summed E-state index contributed by atoms with van der Waals surface area (Å²) in [4.78, 5) is 39.3. The Morgan fingerprint density at radius 2 is 2.12 bits per heavy atom. The highest BCUT2D eigenvalue weighted by molar-refractivity contribution is 7.13. The number of benzene rings is 1. The summed E-state index contributed by atoms with van der Waals surface area (Å²) in [6.07, 6.45) is 0.732. The van der Waals surface area contributed by atoms with Gasteiger partial charge in [-0.05, 0) is 25.5 Å². The van der Waals surface area contributed by atoms with Gasteiger partial charge in [-0.3, -0.25) is 10.1 Å². The highest BCUT2D eigenvalue weighted by atomic mass is 35.5. The van der Waals surface area contributed by atoms with Crippen LogP contribution in [0.5, 0.6) is 0 Å². The zero-order chi connectivity index (χ0) is 19.1. The number of carbonyl (C=O) groups excluding carboxylic acids is 3. The van der Waals surface area contributed by atoms with Gasteiger partial charge < -0.3 is 10.1 Å². The third-order valence-electron chi connectivity index (χ3n) is 3.36. The van der Waals surface area contributed by atoms with Crippen molar-refractivity contribution >= 4 is 40.8 Å². The Morgan fingerprint density at radius 3 is 2.81 bits per heavy atom. The highest BCUT2D eigenvalue weighted by Crippen LogP contribution is 2.26. The normalized spacial score (nSPS) is 11.5. The molecule has 0 spiro atoms. The van der Waals surface area contributed by atoms with Crippen LogP contribution in [0.25, 0.3) is 10.6 Å². The number of carbonyl (C=O) groups is 3. The van der Waals surface area contributed by atoms with Crippen LogP contribution in [0, 0.1) is 0 Å². The van der Waals surface area contributed by atoms with Crippen molar-refractivity contribution in [3.8, 4) is 10.6 Å². The summed E-state index contributed by atoms with van der Waals surface area (Å²) in [7, 11) is 0. The zero-order valence-corrected chi connectivity index (χ0v) is 15.8. The Bertz CT molecular complexity index is 809. The van der Waals surface area contributed by atoms with Gasteiger partial charge in [0.2, 0.25) is 0 Å². The average Bonchev–Trinajstić information content (AvgIpc) is 3.09. The van der Waals surface area contributed by atoms with Crippen LogP contribution in [0.2, 0.25) is 5.02 Å². The number of aromatic nitrogens is 1. The molecule has 3 amide bonds. The maximum Gasteiger partial charge on any atom is 0.358 e. The van der Waals surface area contributed by atoms with Crippen molar-refractivity contribution in [3.05, 3.63) is 40.4 Å². The number of hydrogen-bond donors (Lipinski definition) is 2. The van der Waals surface area contributed by atoms with Gasteiger partial charge in [-0.25, -0.2) is 14.6 Å². The number of amides is 3. The maximum absolute atomic E-state index is 12.0. The molecule has 0 radical (unpaired) electrons. The molecule has 1 atom stereocenters. The number of imide groups is 1. The van der Waals surface area contributed by atoms with E-state index in [1.54, 1.807) is 18.2 Å². The summed E-state index contributed by atoms with van der Waals surface area (Å²) in [6, 6.07) is 6.39. The lowest BCUT2D eigenvalue weighted by Gasteiger charge is -2.11. The summed E-state index contributed by atoms with van der Waals surface area (Å²) in [5.74, 6) is -1.46. The number of nitrogens with one attached hydrogen (secondary N) is 2. The minimum Gasteiger partial charge on any atom is -0.451 e. The predicted molar refractivity (Wildman–Crippen MR) is 99.3 cm³/mol. The van der Waals surface area contributed by atoms with Gasteiger partial charge >= 0.3 is 12.0 Å². The van der Waals surface area contributed by atoms with E-state index in [1.165, 1.54) is 16.7 Å². The zero-order valence-electron chi connectivity index (χ0n) is 14.2. The van der Waals surface area contributed by atoms with Crippen molar-refractivity contribution < 1.29 is 19.1 Å². The number of esters is 1. The van der Waals surface area contributed by atoms with E-state index >= 15 is 0 Å². The largest absolute Gasteiger partial charge is 0.451 e. The lowest BCUT2D eigenvalue weighted by atomic mass is 10.2. The van der Waals surface area contributed by atoms with Crippen LogP contribution in [0.3, 0.4) is 0 Å². The molecule has 2 aromatic rings. The standard InChI is InChI=1S/C17H18ClN3O4S/c1-3-10(2)19-17(24)21-14(22)8-25-16(23)13-9-26-15(20-13)11-5-4-6-12(18)7-11/h4-7,9-10H,3,8H2,1-2H3,(H2,19,21,22,24)/t10-/m1/s1. The number of nitrogens with zero attached hydrogens (tertiary/aromatic N) is 1. The Kier molecular flexibility index (Phi) is 7.11. The molecule has 0 aliphatic rings. The van der Waals surface area contributed by atoms with Crippen molar-refractivity contribution in [1.82, 2.24) is 15.6 Å². The molecule has 1 aromatic carbocycles. The van der Waals surface area contributed by atoms with Crippen LogP contribution >= 0.6 is 22.9 Å². The molecule has 0 saturated heterocycles. The predicted octanol–water partition coefficient (Wildman–Crippen LogP) is 3.24. The molecule has 0 fully saturated rings. The third-order valence-corrected chi connectivity index (χ3v) is 4.49. The van der Waals surface area contributed by atoms with Gasteiger partial charge in [0.1, 0.15) is 5.01 Å². The van der Waals surface area contributed by atoms with Crippen LogP contribution in [-0.4, -0.2) is 35.5 Å². The van der Waals surface area contributed by atoms with E-state index in [0.29, 0.717) is 10.0 Å². The first-order chi connectivity index (χ1) is 12.4. The Morgan fingerprint density at radius 1 is 1.35 bits per heavy atom. The number of halogens is 1. The van der Waals surface area contributed by atoms with Gasteiger partial charge in [0.25, 0.3) is 5.91 Å².